The van der Waals surface area contributed by atoms with Crippen LogP contribution in [0.3, 0.4) is 0 Å². The molecule has 0 fully saturated rings. The third-order valence-electron chi connectivity index (χ3n) is 3.79. The molecule has 0 spiro atoms. The normalized spacial score (nSPS) is 10.8. The van der Waals surface area contributed by atoms with Crippen LogP contribution in [0.4, 0.5) is 11.4 Å². The molecular formula is C19H23N3O4. The van der Waals surface area contributed by atoms with Crippen molar-refractivity contribution in [2.45, 2.75) is 27.7 Å². The fourth-order valence-corrected chi connectivity index (χ4v) is 2.35. The molecule has 0 bridgehead atoms. The van der Waals surface area contributed by atoms with E-state index in [1.807, 2.05) is 39.0 Å². The highest BCUT2D eigenvalue weighted by Gasteiger charge is 2.19. The Kier molecular flexibility index (Phi) is 6.54. The molecule has 2 aromatic carbocycles. The lowest BCUT2D eigenvalue weighted by molar-refractivity contribution is -0.385. The number of hydrazone groups is 1. The number of nitro benzene ring substituents is 1. The maximum atomic E-state index is 11.3. The van der Waals surface area contributed by atoms with Gasteiger partial charge in [0.2, 0.25) is 5.75 Å². The van der Waals surface area contributed by atoms with Gasteiger partial charge in [0.15, 0.2) is 0 Å². The van der Waals surface area contributed by atoms with Crippen LogP contribution in [0.1, 0.15) is 30.5 Å². The number of ether oxygens (including phenoxy) is 2. The Hall–Kier alpha value is -3.09. The molecule has 0 aliphatic rings. The van der Waals surface area contributed by atoms with Crippen LogP contribution < -0.4 is 14.9 Å². The summed E-state index contributed by atoms with van der Waals surface area (Å²) in [6.45, 7) is 8.43. The zero-order chi connectivity index (χ0) is 19.1. The average molecular weight is 357 g/mol. The van der Waals surface area contributed by atoms with E-state index in [0.717, 1.165) is 11.3 Å². The lowest BCUT2D eigenvalue weighted by Gasteiger charge is -2.11. The van der Waals surface area contributed by atoms with Gasteiger partial charge in [-0.15, -0.1) is 0 Å². The second kappa shape index (κ2) is 8.84. The highest BCUT2D eigenvalue weighted by Crippen LogP contribution is 2.34. The van der Waals surface area contributed by atoms with Gasteiger partial charge >= 0.3 is 5.69 Å². The van der Waals surface area contributed by atoms with Crippen LogP contribution in [-0.4, -0.2) is 24.4 Å². The number of aryl methyl sites for hydroxylation is 2. The summed E-state index contributed by atoms with van der Waals surface area (Å²) in [6.07, 6.45) is 1.50. The first kappa shape index (κ1) is 19.2. The van der Waals surface area contributed by atoms with Gasteiger partial charge in [-0.25, -0.2) is 0 Å². The number of hydrogen-bond donors (Lipinski definition) is 1. The van der Waals surface area contributed by atoms with Crippen molar-refractivity contribution in [1.82, 2.24) is 0 Å². The molecule has 7 heteroatoms. The predicted octanol–water partition coefficient (Wildman–Crippen LogP) is 4.46. The van der Waals surface area contributed by atoms with Crippen molar-refractivity contribution in [3.63, 3.8) is 0 Å². The van der Waals surface area contributed by atoms with Crippen molar-refractivity contribution < 1.29 is 14.4 Å². The van der Waals surface area contributed by atoms with Gasteiger partial charge in [-0.3, -0.25) is 15.5 Å². The number of benzene rings is 2. The molecule has 0 saturated carbocycles. The summed E-state index contributed by atoms with van der Waals surface area (Å²) in [6, 6.07) is 8.84. The molecule has 0 radical (unpaired) electrons. The summed E-state index contributed by atoms with van der Waals surface area (Å²) < 4.78 is 10.9. The van der Waals surface area contributed by atoms with Crippen LogP contribution in [0.15, 0.2) is 35.4 Å². The van der Waals surface area contributed by atoms with Crippen LogP contribution in [0.5, 0.6) is 11.5 Å². The highest BCUT2D eigenvalue weighted by molar-refractivity contribution is 5.86. The molecule has 0 aliphatic carbocycles. The average Bonchev–Trinajstić information content (AvgIpc) is 2.60. The Balaban J connectivity index is 2.31. The van der Waals surface area contributed by atoms with Crippen LogP contribution >= 0.6 is 0 Å². The molecule has 0 atom stereocenters. The topological polar surface area (TPSA) is 86.0 Å². The van der Waals surface area contributed by atoms with Crippen molar-refractivity contribution in [2.24, 2.45) is 5.10 Å². The van der Waals surface area contributed by atoms with Crippen molar-refractivity contribution in [3.8, 4) is 11.5 Å². The van der Waals surface area contributed by atoms with E-state index in [1.54, 1.807) is 6.92 Å². The summed E-state index contributed by atoms with van der Waals surface area (Å²) in [5.74, 6) is 0.660. The second-order valence-electron chi connectivity index (χ2n) is 5.65. The zero-order valence-corrected chi connectivity index (χ0v) is 15.4. The Labute approximate surface area is 152 Å². The van der Waals surface area contributed by atoms with Crippen molar-refractivity contribution in [3.05, 3.63) is 57.1 Å². The number of nitrogens with one attached hydrogen (secondary N) is 1. The van der Waals surface area contributed by atoms with Crippen molar-refractivity contribution >= 4 is 17.6 Å². The van der Waals surface area contributed by atoms with E-state index in [2.05, 4.69) is 10.5 Å². The number of nitro groups is 1. The molecule has 26 heavy (non-hydrogen) atoms. The van der Waals surface area contributed by atoms with E-state index in [0.29, 0.717) is 24.5 Å². The van der Waals surface area contributed by atoms with Crippen LogP contribution in [-0.2, 0) is 0 Å². The summed E-state index contributed by atoms with van der Waals surface area (Å²) in [7, 11) is 0. The third kappa shape index (κ3) is 4.72. The molecule has 7 nitrogen and oxygen atoms in total. The lowest BCUT2D eigenvalue weighted by Crippen LogP contribution is -2.03. The van der Waals surface area contributed by atoms with E-state index in [-0.39, 0.29) is 11.4 Å². The fourth-order valence-electron chi connectivity index (χ4n) is 2.35. The first-order valence-corrected chi connectivity index (χ1v) is 8.40. The van der Waals surface area contributed by atoms with Gasteiger partial charge in [0.25, 0.3) is 0 Å². The first-order valence-electron chi connectivity index (χ1n) is 8.40. The summed E-state index contributed by atoms with van der Waals surface area (Å²) in [5.41, 5.74) is 6.49. The quantitative estimate of drug-likeness (QED) is 0.428. The third-order valence-corrected chi connectivity index (χ3v) is 3.79. The van der Waals surface area contributed by atoms with E-state index in [1.165, 1.54) is 23.9 Å². The molecule has 0 saturated heterocycles. The zero-order valence-electron chi connectivity index (χ0n) is 15.4. The molecule has 0 unspecified atom stereocenters. The molecule has 0 heterocycles. The van der Waals surface area contributed by atoms with E-state index in [9.17, 15) is 10.1 Å². The number of hydrogen-bond acceptors (Lipinski definition) is 6. The van der Waals surface area contributed by atoms with Crippen LogP contribution in [0.25, 0.3) is 0 Å². The minimum absolute atomic E-state index is 0.122. The first-order chi connectivity index (χ1) is 12.5. The van der Waals surface area contributed by atoms with E-state index >= 15 is 0 Å². The maximum absolute atomic E-state index is 11.3. The molecule has 0 aromatic heterocycles. The summed E-state index contributed by atoms with van der Waals surface area (Å²) in [5, 5.41) is 15.5. The molecule has 1 N–H and O–H groups in total. The van der Waals surface area contributed by atoms with Gasteiger partial charge in [-0.2, -0.15) is 5.10 Å². The van der Waals surface area contributed by atoms with Crippen molar-refractivity contribution in [1.29, 1.82) is 0 Å². The molecule has 0 aliphatic heterocycles. The lowest BCUT2D eigenvalue weighted by atomic mass is 10.1. The Morgan fingerprint density at radius 1 is 1.08 bits per heavy atom. The van der Waals surface area contributed by atoms with Crippen molar-refractivity contribution in [2.75, 3.05) is 18.6 Å². The standard InChI is InChI=1S/C19H23N3O4/c1-5-25-18-11-19(26-6-2)17(22(23)24)10-15(18)12-20-21-16-8-7-13(3)14(4)9-16/h7-12,21H,5-6H2,1-4H3/b20-12+. The van der Waals surface area contributed by atoms with E-state index < -0.39 is 4.92 Å². The monoisotopic (exact) mass is 357 g/mol. The predicted molar refractivity (Wildman–Crippen MR) is 103 cm³/mol. The largest absolute Gasteiger partial charge is 0.493 e. The van der Waals surface area contributed by atoms with Gasteiger partial charge in [-0.1, -0.05) is 6.07 Å². The van der Waals surface area contributed by atoms with Gasteiger partial charge in [0.1, 0.15) is 5.75 Å². The van der Waals surface area contributed by atoms with Gasteiger partial charge in [-0.05, 0) is 51.0 Å². The van der Waals surface area contributed by atoms with Gasteiger partial charge in [0, 0.05) is 17.7 Å². The second-order valence-corrected chi connectivity index (χ2v) is 5.65. The van der Waals surface area contributed by atoms with E-state index in [4.69, 9.17) is 9.47 Å². The molecule has 2 rings (SSSR count). The maximum Gasteiger partial charge on any atom is 0.311 e. The highest BCUT2D eigenvalue weighted by atomic mass is 16.6. The minimum Gasteiger partial charge on any atom is -0.493 e. The number of rotatable bonds is 8. The fraction of sp³-hybridized carbons (Fsp3) is 0.316. The Morgan fingerprint density at radius 2 is 1.77 bits per heavy atom. The summed E-state index contributed by atoms with van der Waals surface area (Å²) in [4.78, 5) is 10.8. The number of nitrogens with zero attached hydrogens (tertiary/aromatic N) is 2. The molecule has 138 valence electrons. The SMILES string of the molecule is CCOc1cc(OCC)c([N+](=O)[O-])cc1/C=N/Nc1ccc(C)c(C)c1. The molecule has 0 amide bonds. The van der Waals surface area contributed by atoms with Crippen LogP contribution in [0, 0.1) is 24.0 Å². The Morgan fingerprint density at radius 3 is 2.38 bits per heavy atom. The molecular weight excluding hydrogens is 334 g/mol. The van der Waals surface area contributed by atoms with Gasteiger partial charge in [0.05, 0.1) is 30.0 Å². The Bertz CT molecular complexity index is 819. The smallest absolute Gasteiger partial charge is 0.311 e. The van der Waals surface area contributed by atoms with Crippen LogP contribution in [0.2, 0.25) is 0 Å². The van der Waals surface area contributed by atoms with Gasteiger partial charge < -0.3 is 9.47 Å². The molecule has 2 aromatic rings. The minimum atomic E-state index is -0.477. The number of anilines is 1. The summed E-state index contributed by atoms with van der Waals surface area (Å²) >= 11 is 0.